The first-order valence-electron chi connectivity index (χ1n) is 32.7. The molecule has 25 nitrogen and oxygen atoms in total. The maximum Gasteiger partial charge on any atom is 0.220 e. The molecular formula is C62H114N4O21. The summed E-state index contributed by atoms with van der Waals surface area (Å²) < 4.78 is 39.6. The lowest BCUT2D eigenvalue weighted by Gasteiger charge is -2.40. The molecule has 3 aliphatic heterocycles. The average molecular weight is 1250 g/mol. The third kappa shape index (κ3) is 30.3. The van der Waals surface area contributed by atoms with Gasteiger partial charge in [0.15, 0.2) is 18.9 Å². The first-order valence-corrected chi connectivity index (χ1v) is 32.7. The van der Waals surface area contributed by atoms with Crippen LogP contribution < -0.4 is 21.3 Å². The maximum atomic E-state index is 13.9. The van der Waals surface area contributed by atoms with Gasteiger partial charge in [0.05, 0.1) is 38.1 Å². The van der Waals surface area contributed by atoms with Gasteiger partial charge < -0.3 is 100 Å². The van der Waals surface area contributed by atoms with Crippen molar-refractivity contribution in [2.45, 2.75) is 273 Å². The largest absolute Gasteiger partial charge is 0.394 e. The van der Waals surface area contributed by atoms with Crippen LogP contribution in [0.4, 0.5) is 0 Å². The van der Waals surface area contributed by atoms with Gasteiger partial charge in [-0.15, -0.1) is 0 Å². The molecular weight excluding hydrogens is 1140 g/mol. The Morgan fingerprint density at radius 1 is 0.379 bits per heavy atom. The van der Waals surface area contributed by atoms with Crippen molar-refractivity contribution in [3.8, 4) is 0 Å². The number of hydrogen-bond acceptors (Lipinski definition) is 21. The molecule has 13 N–H and O–H groups in total. The van der Waals surface area contributed by atoms with Crippen molar-refractivity contribution in [1.82, 2.24) is 21.3 Å². The Morgan fingerprint density at radius 2 is 0.701 bits per heavy atom. The molecule has 0 spiro atoms. The quantitative estimate of drug-likeness (QED) is 0.0388. The zero-order valence-corrected chi connectivity index (χ0v) is 52.7. The van der Waals surface area contributed by atoms with Crippen LogP contribution >= 0.6 is 0 Å². The Morgan fingerprint density at radius 3 is 1.08 bits per heavy atom. The fourth-order valence-electron chi connectivity index (χ4n) is 11.2. The summed E-state index contributed by atoms with van der Waals surface area (Å²) in [6.45, 7) is 6.82. The van der Waals surface area contributed by atoms with Crippen LogP contribution in [-0.4, -0.2) is 228 Å². The molecule has 3 fully saturated rings. The molecule has 0 aromatic rings. The Balaban J connectivity index is 1.59. The third-order valence-corrected chi connectivity index (χ3v) is 17.1. The molecule has 25 heteroatoms. The van der Waals surface area contributed by atoms with Crippen LogP contribution in [0, 0.1) is 17.8 Å². The molecule has 0 bridgehead atoms. The SMILES string of the molecule is COCCCCCCNC(=O)CCCC(=O)NC(CCC(=O)CCCCCCCO[C@@H]1OC(CO)[C@H](O)C(O)[C@@H]1C)(CCC(=O)NCCCCCCO[C@@H]1OC(CO)[C@H](O)C(O)[C@@H]1C)CCC(=O)NCCCCCCO[C@@H]1OC(CO)[C@H](O)C(O)[C@@H]1C. The number of ether oxygens (including phenoxy) is 7. The molecule has 87 heavy (non-hydrogen) atoms. The number of rotatable bonds is 49. The molecule has 0 aromatic carbocycles. The van der Waals surface area contributed by atoms with E-state index in [9.17, 15) is 69.9 Å². The maximum absolute atomic E-state index is 13.9. The Kier molecular flexibility index (Phi) is 40.6. The molecule has 0 saturated carbocycles. The van der Waals surface area contributed by atoms with Crippen LogP contribution in [0.1, 0.15) is 194 Å². The number of aliphatic hydroxyl groups excluding tert-OH is 9. The second-order valence-electron chi connectivity index (χ2n) is 24.3. The highest BCUT2D eigenvalue weighted by Crippen LogP contribution is 2.31. The fourth-order valence-corrected chi connectivity index (χ4v) is 11.2. The van der Waals surface area contributed by atoms with Gasteiger partial charge in [-0.1, -0.05) is 78.6 Å². The van der Waals surface area contributed by atoms with Gasteiger partial charge in [0.25, 0.3) is 0 Å². The van der Waals surface area contributed by atoms with Gasteiger partial charge in [0.2, 0.25) is 23.6 Å². The number of carbonyl (C=O) groups excluding carboxylic acids is 5. The van der Waals surface area contributed by atoms with E-state index in [0.717, 1.165) is 70.6 Å². The monoisotopic (exact) mass is 1250 g/mol. The van der Waals surface area contributed by atoms with Crippen LogP contribution in [-0.2, 0) is 57.1 Å². The number of Topliss-reactive ketones (excluding diaryl/α,β-unsaturated/α-hetero) is 1. The van der Waals surface area contributed by atoms with Crippen LogP contribution in [0.25, 0.3) is 0 Å². The molecule has 508 valence electrons. The van der Waals surface area contributed by atoms with Crippen LogP contribution in [0.15, 0.2) is 0 Å². The third-order valence-electron chi connectivity index (χ3n) is 17.1. The van der Waals surface area contributed by atoms with Crippen molar-refractivity contribution < 1.29 is 103 Å². The van der Waals surface area contributed by atoms with Gasteiger partial charge in [-0.2, -0.15) is 0 Å². The number of aliphatic hydroxyl groups is 9. The second-order valence-corrected chi connectivity index (χ2v) is 24.3. The number of amides is 4. The van der Waals surface area contributed by atoms with Gasteiger partial charge in [-0.25, -0.2) is 0 Å². The topological polar surface area (TPSA) is 380 Å². The van der Waals surface area contributed by atoms with Crippen molar-refractivity contribution in [3.05, 3.63) is 0 Å². The molecule has 3 heterocycles. The average Bonchev–Trinajstić information content (AvgIpc) is 3.09. The molecule has 0 aromatic heterocycles. The number of carbonyl (C=O) groups is 5. The van der Waals surface area contributed by atoms with E-state index in [2.05, 4.69) is 21.3 Å². The van der Waals surface area contributed by atoms with E-state index in [1.807, 2.05) is 0 Å². The van der Waals surface area contributed by atoms with E-state index >= 15 is 0 Å². The van der Waals surface area contributed by atoms with E-state index in [-0.39, 0.29) is 87.2 Å². The molecule has 3 saturated heterocycles. The number of ketones is 1. The highest BCUT2D eigenvalue weighted by atomic mass is 16.7. The van der Waals surface area contributed by atoms with E-state index in [1.54, 1.807) is 27.9 Å². The van der Waals surface area contributed by atoms with Gasteiger partial charge in [-0.3, -0.25) is 24.0 Å². The predicted octanol–water partition coefficient (Wildman–Crippen LogP) is 2.21. The zero-order valence-electron chi connectivity index (χ0n) is 52.7. The molecule has 3 aliphatic rings. The van der Waals surface area contributed by atoms with Crippen molar-refractivity contribution in [2.24, 2.45) is 17.8 Å². The second kappa shape index (κ2) is 45.2. The number of nitrogens with one attached hydrogen (secondary N) is 4. The fraction of sp³-hybridized carbons (Fsp3) is 0.919. The summed E-state index contributed by atoms with van der Waals surface area (Å²) >= 11 is 0. The molecule has 15 atom stereocenters. The van der Waals surface area contributed by atoms with Gasteiger partial charge in [0, 0.05) is 115 Å². The molecule has 3 rings (SSSR count). The van der Waals surface area contributed by atoms with Gasteiger partial charge in [-0.05, 0) is 77.0 Å². The zero-order chi connectivity index (χ0) is 64.0. The lowest BCUT2D eigenvalue weighted by molar-refractivity contribution is -0.282. The summed E-state index contributed by atoms with van der Waals surface area (Å²) in [5.41, 5.74) is -1.12. The molecule has 4 amide bonds. The van der Waals surface area contributed by atoms with E-state index in [1.165, 1.54) is 0 Å². The Hall–Kier alpha value is -3.09. The first-order chi connectivity index (χ1) is 41.8. The minimum Gasteiger partial charge on any atom is -0.394 e. The molecule has 6 unspecified atom stereocenters. The summed E-state index contributed by atoms with van der Waals surface area (Å²) in [4.78, 5) is 67.4. The van der Waals surface area contributed by atoms with Crippen molar-refractivity contribution in [3.63, 3.8) is 0 Å². The normalized spacial score (nSPS) is 28.2. The summed E-state index contributed by atoms with van der Waals surface area (Å²) in [6.07, 6.45) is 2.61. The summed E-state index contributed by atoms with van der Waals surface area (Å²) in [5.74, 6) is -2.49. The predicted molar refractivity (Wildman–Crippen MR) is 320 cm³/mol. The lowest BCUT2D eigenvalue weighted by Crippen LogP contribution is -2.55. The summed E-state index contributed by atoms with van der Waals surface area (Å²) in [7, 11) is 1.67. The van der Waals surface area contributed by atoms with Crippen LogP contribution in [0.2, 0.25) is 0 Å². The summed E-state index contributed by atoms with van der Waals surface area (Å²) in [5, 5.41) is 102. The van der Waals surface area contributed by atoms with Crippen LogP contribution in [0.5, 0.6) is 0 Å². The first kappa shape index (κ1) is 78.2. The smallest absolute Gasteiger partial charge is 0.220 e. The molecule has 0 aliphatic carbocycles. The van der Waals surface area contributed by atoms with E-state index < -0.39 is 117 Å². The number of methoxy groups -OCH3 is 1. The number of hydrogen-bond donors (Lipinski definition) is 13. The van der Waals surface area contributed by atoms with E-state index in [4.69, 9.17) is 33.2 Å². The summed E-state index contributed by atoms with van der Waals surface area (Å²) in [6, 6.07) is 0. The van der Waals surface area contributed by atoms with E-state index in [0.29, 0.717) is 91.0 Å². The standard InChI is InChI=1S/C62H114N4O21/c1-42-53(75)56(78)46(39-67)85-59(42)82-36-19-10-5-6-14-23-45(70)26-29-62(66-52(74)25-22-24-49(71)63-32-15-7-11-18-35-81-4,30-27-50(72)64-33-16-8-12-20-37-83-60-43(2)54(76)57(79)47(40-68)86-60)31-28-51(73)65-34-17-9-13-21-38-84-61-44(3)55(77)58(80)48(41-69)87-61/h42-44,46-48,53-61,67-69,75-80H,5-41H2,1-4H3,(H,63,71)(H,64,72)(H,65,73)(H,66,74)/t42-,43-,44-,46?,47?,48?,53?,54?,55?,56-,57-,58-,59+,60+,61+,62?/m0/s1. The highest BCUT2D eigenvalue weighted by molar-refractivity contribution is 5.81. The Labute approximate surface area is 516 Å². The van der Waals surface area contributed by atoms with Gasteiger partial charge >= 0.3 is 0 Å². The minimum atomic E-state index is -1.21. The van der Waals surface area contributed by atoms with Crippen molar-refractivity contribution in [2.75, 3.05) is 73.0 Å². The number of unbranched alkanes of at least 4 members (excludes halogenated alkanes) is 13. The van der Waals surface area contributed by atoms with Crippen molar-refractivity contribution >= 4 is 29.4 Å². The van der Waals surface area contributed by atoms with Crippen molar-refractivity contribution in [1.29, 1.82) is 0 Å². The molecule has 0 radical (unpaired) electrons. The van der Waals surface area contributed by atoms with Crippen LogP contribution in [0.3, 0.4) is 0 Å². The highest BCUT2D eigenvalue weighted by Gasteiger charge is 2.45. The Bertz CT molecular complexity index is 1710. The lowest BCUT2D eigenvalue weighted by atomic mass is 9.82. The van der Waals surface area contributed by atoms with Gasteiger partial charge in [0.1, 0.15) is 42.4 Å². The minimum absolute atomic E-state index is 0.00680.